The Kier molecular flexibility index (Phi) is 6.20. The maximum atomic E-state index is 12.5. The Morgan fingerprint density at radius 1 is 1.42 bits per heavy atom. The minimum Gasteiger partial charge on any atom is -0.377 e. The minimum absolute atomic E-state index is 0.00364. The van der Waals surface area contributed by atoms with Gasteiger partial charge >= 0.3 is 0 Å². The van der Waals surface area contributed by atoms with Crippen LogP contribution in [0.4, 0.5) is 0 Å². The standard InChI is InChI=1S/C17H29N5O2/c1-2-22-12-20-21-16(22)5-9-19-17(23)14-6-10-24-15(14)11-13-3-7-18-8-4-13/h12-15,18H,2-11H2,1H3,(H,19,23)/t14-,15-/m1/s1. The van der Waals surface area contributed by atoms with E-state index in [2.05, 4.69) is 27.8 Å². The second-order valence-corrected chi connectivity index (χ2v) is 6.81. The number of amides is 1. The van der Waals surface area contributed by atoms with Crippen LogP contribution in [-0.4, -0.2) is 53.0 Å². The molecule has 7 heteroatoms. The van der Waals surface area contributed by atoms with E-state index in [4.69, 9.17) is 4.74 Å². The molecule has 3 rings (SSSR count). The van der Waals surface area contributed by atoms with Crippen molar-refractivity contribution in [2.24, 2.45) is 11.8 Å². The lowest BCUT2D eigenvalue weighted by Crippen LogP contribution is -2.38. The zero-order valence-corrected chi connectivity index (χ0v) is 14.5. The van der Waals surface area contributed by atoms with Gasteiger partial charge in [-0.05, 0) is 51.6 Å². The molecular weight excluding hydrogens is 306 g/mol. The number of nitrogens with zero attached hydrogens (tertiary/aromatic N) is 3. The summed E-state index contributed by atoms with van der Waals surface area (Å²) in [5.41, 5.74) is 0. The van der Waals surface area contributed by atoms with Crippen LogP contribution in [0.25, 0.3) is 0 Å². The monoisotopic (exact) mass is 335 g/mol. The van der Waals surface area contributed by atoms with E-state index >= 15 is 0 Å². The molecule has 24 heavy (non-hydrogen) atoms. The smallest absolute Gasteiger partial charge is 0.225 e. The average Bonchev–Trinajstić information content (AvgIpc) is 3.24. The average molecular weight is 335 g/mol. The highest BCUT2D eigenvalue weighted by Gasteiger charge is 2.35. The Morgan fingerprint density at radius 3 is 3.04 bits per heavy atom. The van der Waals surface area contributed by atoms with Crippen LogP contribution < -0.4 is 10.6 Å². The quantitative estimate of drug-likeness (QED) is 0.769. The number of nitrogens with one attached hydrogen (secondary N) is 2. The first kappa shape index (κ1) is 17.4. The van der Waals surface area contributed by atoms with E-state index < -0.39 is 0 Å². The van der Waals surface area contributed by atoms with Gasteiger partial charge in [0.25, 0.3) is 0 Å². The van der Waals surface area contributed by atoms with E-state index in [0.717, 1.165) is 38.3 Å². The van der Waals surface area contributed by atoms with Crippen molar-refractivity contribution in [1.82, 2.24) is 25.4 Å². The highest BCUT2D eigenvalue weighted by molar-refractivity contribution is 5.79. The van der Waals surface area contributed by atoms with Crippen LogP contribution in [0.3, 0.4) is 0 Å². The summed E-state index contributed by atoms with van der Waals surface area (Å²) < 4.78 is 7.88. The summed E-state index contributed by atoms with van der Waals surface area (Å²) >= 11 is 0. The van der Waals surface area contributed by atoms with E-state index in [-0.39, 0.29) is 17.9 Å². The number of aryl methyl sites for hydroxylation is 1. The molecular formula is C17H29N5O2. The van der Waals surface area contributed by atoms with Gasteiger partial charge in [-0.25, -0.2) is 0 Å². The van der Waals surface area contributed by atoms with E-state index in [9.17, 15) is 4.79 Å². The third-order valence-electron chi connectivity index (χ3n) is 5.25. The summed E-state index contributed by atoms with van der Waals surface area (Å²) in [6.07, 6.45) is 6.79. The van der Waals surface area contributed by atoms with Gasteiger partial charge in [0.05, 0.1) is 12.0 Å². The molecule has 2 N–H and O–H groups in total. The summed E-state index contributed by atoms with van der Waals surface area (Å²) in [4.78, 5) is 12.5. The van der Waals surface area contributed by atoms with E-state index in [1.165, 1.54) is 12.8 Å². The predicted molar refractivity (Wildman–Crippen MR) is 90.5 cm³/mol. The number of hydrogen-bond donors (Lipinski definition) is 2. The summed E-state index contributed by atoms with van der Waals surface area (Å²) in [6, 6.07) is 0. The van der Waals surface area contributed by atoms with Gasteiger partial charge in [-0.3, -0.25) is 4.79 Å². The zero-order valence-electron chi connectivity index (χ0n) is 14.5. The molecule has 0 unspecified atom stereocenters. The summed E-state index contributed by atoms with van der Waals surface area (Å²) in [6.45, 7) is 6.41. The highest BCUT2D eigenvalue weighted by Crippen LogP contribution is 2.29. The van der Waals surface area contributed by atoms with Crippen LogP contribution in [-0.2, 0) is 22.5 Å². The maximum absolute atomic E-state index is 12.5. The van der Waals surface area contributed by atoms with E-state index in [0.29, 0.717) is 25.5 Å². The SMILES string of the molecule is CCn1cnnc1CCNC(=O)[C@@H]1CCO[C@@H]1CC1CCNCC1. The Bertz CT molecular complexity index is 527. The molecule has 1 aromatic rings. The molecule has 2 saturated heterocycles. The van der Waals surface area contributed by atoms with Gasteiger partial charge in [-0.2, -0.15) is 0 Å². The molecule has 0 aliphatic carbocycles. The first-order valence-electron chi connectivity index (χ1n) is 9.24. The van der Waals surface area contributed by atoms with Gasteiger partial charge in [0.15, 0.2) is 0 Å². The number of rotatable bonds is 7. The molecule has 134 valence electrons. The molecule has 2 atom stereocenters. The first-order chi connectivity index (χ1) is 11.8. The van der Waals surface area contributed by atoms with Crippen molar-refractivity contribution in [3.63, 3.8) is 0 Å². The number of piperidine rings is 1. The second kappa shape index (κ2) is 8.58. The van der Waals surface area contributed by atoms with Crippen LogP contribution in [0.2, 0.25) is 0 Å². The largest absolute Gasteiger partial charge is 0.377 e. The molecule has 1 amide bonds. The van der Waals surface area contributed by atoms with Gasteiger partial charge in [0.1, 0.15) is 12.2 Å². The molecule has 2 aliphatic heterocycles. The predicted octanol–water partition coefficient (Wildman–Crippen LogP) is 0.752. The molecule has 0 radical (unpaired) electrons. The van der Waals surface area contributed by atoms with Crippen molar-refractivity contribution in [3.8, 4) is 0 Å². The fraction of sp³-hybridized carbons (Fsp3) is 0.824. The number of carbonyl (C=O) groups excluding carboxylic acids is 1. The number of ether oxygens (including phenoxy) is 1. The van der Waals surface area contributed by atoms with Gasteiger partial charge in [0, 0.05) is 26.1 Å². The molecule has 3 heterocycles. The lowest BCUT2D eigenvalue weighted by atomic mass is 9.87. The van der Waals surface area contributed by atoms with Gasteiger partial charge in [-0.1, -0.05) is 0 Å². The Hall–Kier alpha value is -1.47. The van der Waals surface area contributed by atoms with Crippen LogP contribution >= 0.6 is 0 Å². The van der Waals surface area contributed by atoms with Gasteiger partial charge in [-0.15, -0.1) is 10.2 Å². The van der Waals surface area contributed by atoms with Crippen molar-refractivity contribution in [1.29, 1.82) is 0 Å². The third kappa shape index (κ3) is 4.33. The number of hydrogen-bond acceptors (Lipinski definition) is 5. The zero-order chi connectivity index (χ0) is 16.8. The summed E-state index contributed by atoms with van der Waals surface area (Å²) in [7, 11) is 0. The molecule has 7 nitrogen and oxygen atoms in total. The molecule has 0 aromatic carbocycles. The molecule has 2 fully saturated rings. The first-order valence-corrected chi connectivity index (χ1v) is 9.24. The van der Waals surface area contributed by atoms with E-state index in [1.807, 2.05) is 4.57 Å². The molecule has 0 bridgehead atoms. The topological polar surface area (TPSA) is 81.1 Å². The maximum Gasteiger partial charge on any atom is 0.225 e. The normalized spacial score (nSPS) is 25.0. The van der Waals surface area contributed by atoms with Crippen molar-refractivity contribution in [2.45, 2.75) is 51.7 Å². The minimum atomic E-state index is 0.00364. The Morgan fingerprint density at radius 2 is 2.25 bits per heavy atom. The van der Waals surface area contributed by atoms with Crippen molar-refractivity contribution < 1.29 is 9.53 Å². The van der Waals surface area contributed by atoms with Crippen molar-refractivity contribution in [3.05, 3.63) is 12.2 Å². The summed E-state index contributed by atoms with van der Waals surface area (Å²) in [5, 5.41) is 14.5. The highest BCUT2D eigenvalue weighted by atomic mass is 16.5. The lowest BCUT2D eigenvalue weighted by molar-refractivity contribution is -0.126. The molecule has 2 aliphatic rings. The van der Waals surface area contributed by atoms with Gasteiger partial charge < -0.3 is 19.9 Å². The van der Waals surface area contributed by atoms with Crippen molar-refractivity contribution in [2.75, 3.05) is 26.2 Å². The van der Waals surface area contributed by atoms with Crippen LogP contribution in [0.1, 0.15) is 38.4 Å². The second-order valence-electron chi connectivity index (χ2n) is 6.81. The number of carbonyl (C=O) groups is 1. The Balaban J connectivity index is 1.44. The van der Waals surface area contributed by atoms with Crippen LogP contribution in [0.15, 0.2) is 6.33 Å². The lowest BCUT2D eigenvalue weighted by Gasteiger charge is -2.27. The van der Waals surface area contributed by atoms with Gasteiger partial charge in [0.2, 0.25) is 5.91 Å². The van der Waals surface area contributed by atoms with E-state index in [1.54, 1.807) is 6.33 Å². The molecule has 1 aromatic heterocycles. The van der Waals surface area contributed by atoms with Crippen LogP contribution in [0, 0.1) is 11.8 Å². The number of aromatic nitrogens is 3. The third-order valence-corrected chi connectivity index (χ3v) is 5.25. The Labute approximate surface area is 143 Å². The summed E-state index contributed by atoms with van der Waals surface area (Å²) in [5.74, 6) is 1.75. The fourth-order valence-electron chi connectivity index (χ4n) is 3.79. The molecule has 0 spiro atoms. The molecule has 0 saturated carbocycles. The van der Waals surface area contributed by atoms with Crippen molar-refractivity contribution >= 4 is 5.91 Å². The fourth-order valence-corrected chi connectivity index (χ4v) is 3.79. The van der Waals surface area contributed by atoms with Crippen LogP contribution in [0.5, 0.6) is 0 Å².